The minimum Gasteiger partial charge on any atom is -0.383 e. The summed E-state index contributed by atoms with van der Waals surface area (Å²) in [5.74, 6) is 0.0190. The van der Waals surface area contributed by atoms with E-state index in [9.17, 15) is 4.79 Å². The van der Waals surface area contributed by atoms with Gasteiger partial charge in [0.05, 0.1) is 30.9 Å². The van der Waals surface area contributed by atoms with Gasteiger partial charge in [0.1, 0.15) is 5.69 Å². The fourth-order valence-electron chi connectivity index (χ4n) is 2.32. The number of aromatic nitrogens is 2. The smallest absolute Gasteiger partial charge is 0.196 e. The molecule has 0 aromatic carbocycles. The molecule has 1 aromatic rings. The van der Waals surface area contributed by atoms with Crippen molar-refractivity contribution in [3.8, 4) is 0 Å². The number of carbonyl (C=O) groups is 1. The Hall–Kier alpha value is -0.950. The Morgan fingerprint density at radius 3 is 3.15 bits per heavy atom. The molecule has 20 heavy (non-hydrogen) atoms. The highest BCUT2D eigenvalue weighted by Crippen LogP contribution is 2.16. The number of hydrogen-bond acceptors (Lipinski definition) is 5. The lowest BCUT2D eigenvalue weighted by Gasteiger charge is -2.18. The number of Topliss-reactive ketones (excluding diaryl/α,β-unsaturated/α-hetero) is 1. The minimum atomic E-state index is 0.0190. The zero-order valence-electron chi connectivity index (χ0n) is 11.8. The quantitative estimate of drug-likeness (QED) is 0.782. The van der Waals surface area contributed by atoms with E-state index < -0.39 is 0 Å². The number of methoxy groups -OCH3 is 1. The van der Waals surface area contributed by atoms with Crippen molar-refractivity contribution in [2.75, 3.05) is 46.4 Å². The summed E-state index contributed by atoms with van der Waals surface area (Å²) in [6, 6.07) is 0. The van der Waals surface area contributed by atoms with Crippen LogP contribution in [0.1, 0.15) is 16.9 Å². The van der Waals surface area contributed by atoms with Crippen molar-refractivity contribution in [3.05, 3.63) is 16.9 Å². The van der Waals surface area contributed by atoms with Crippen molar-refractivity contribution in [3.63, 3.8) is 0 Å². The molecule has 1 fully saturated rings. The van der Waals surface area contributed by atoms with Gasteiger partial charge in [-0.2, -0.15) is 5.10 Å². The number of halogens is 1. The molecule has 0 radical (unpaired) electrons. The number of nitrogens with zero attached hydrogens (tertiary/aromatic N) is 3. The van der Waals surface area contributed by atoms with Gasteiger partial charge in [-0.15, -0.1) is 0 Å². The molecule has 0 atom stereocenters. The zero-order chi connectivity index (χ0) is 14.4. The van der Waals surface area contributed by atoms with E-state index in [-0.39, 0.29) is 5.78 Å². The summed E-state index contributed by atoms with van der Waals surface area (Å²) >= 11 is 6.09. The summed E-state index contributed by atoms with van der Waals surface area (Å²) < 4.78 is 6.65. The summed E-state index contributed by atoms with van der Waals surface area (Å²) in [5.41, 5.74) is 0.487. The van der Waals surface area contributed by atoms with Gasteiger partial charge in [-0.1, -0.05) is 11.6 Å². The van der Waals surface area contributed by atoms with Gasteiger partial charge in [-0.3, -0.25) is 14.4 Å². The maximum Gasteiger partial charge on any atom is 0.196 e. The number of ketones is 1. The zero-order valence-corrected chi connectivity index (χ0v) is 12.5. The van der Waals surface area contributed by atoms with Crippen LogP contribution >= 0.6 is 11.6 Å². The molecule has 1 N–H and O–H groups in total. The second-order valence-corrected chi connectivity index (χ2v) is 5.27. The molecule has 1 aliphatic rings. The molecule has 0 aliphatic carbocycles. The molecule has 2 rings (SSSR count). The van der Waals surface area contributed by atoms with Crippen LogP contribution in [-0.4, -0.2) is 66.9 Å². The van der Waals surface area contributed by atoms with Crippen LogP contribution in [0, 0.1) is 0 Å². The van der Waals surface area contributed by atoms with Crippen LogP contribution in [0.2, 0.25) is 5.02 Å². The summed E-state index contributed by atoms with van der Waals surface area (Å²) in [6.07, 6.45) is 2.58. The van der Waals surface area contributed by atoms with Gasteiger partial charge in [0.25, 0.3) is 0 Å². The minimum absolute atomic E-state index is 0.0190. The third-order valence-corrected chi connectivity index (χ3v) is 3.64. The van der Waals surface area contributed by atoms with Gasteiger partial charge in [-0.05, 0) is 19.5 Å². The summed E-state index contributed by atoms with van der Waals surface area (Å²) in [5, 5.41) is 7.88. The first-order valence-electron chi connectivity index (χ1n) is 6.89. The van der Waals surface area contributed by atoms with Crippen LogP contribution in [0.25, 0.3) is 0 Å². The van der Waals surface area contributed by atoms with Crippen molar-refractivity contribution in [1.29, 1.82) is 0 Å². The number of carbonyl (C=O) groups excluding carboxylic acids is 1. The Labute approximate surface area is 124 Å². The van der Waals surface area contributed by atoms with Crippen LogP contribution < -0.4 is 5.32 Å². The highest BCUT2D eigenvalue weighted by molar-refractivity contribution is 6.33. The van der Waals surface area contributed by atoms with Crippen LogP contribution in [-0.2, 0) is 11.3 Å². The monoisotopic (exact) mass is 300 g/mol. The maximum absolute atomic E-state index is 12.4. The lowest BCUT2D eigenvalue weighted by Crippen LogP contribution is -2.34. The van der Waals surface area contributed by atoms with E-state index in [4.69, 9.17) is 16.3 Å². The maximum atomic E-state index is 12.4. The molecule has 0 unspecified atom stereocenters. The summed E-state index contributed by atoms with van der Waals surface area (Å²) in [7, 11) is 1.62. The Balaban J connectivity index is 2.02. The average molecular weight is 301 g/mol. The molecule has 1 aromatic heterocycles. The second-order valence-electron chi connectivity index (χ2n) is 4.86. The largest absolute Gasteiger partial charge is 0.383 e. The third kappa shape index (κ3) is 4.02. The molecule has 0 saturated carbocycles. The number of hydrogen-bond donors (Lipinski definition) is 1. The van der Waals surface area contributed by atoms with Gasteiger partial charge < -0.3 is 10.1 Å². The van der Waals surface area contributed by atoms with Gasteiger partial charge in [0.15, 0.2) is 5.78 Å². The number of ether oxygens (including phenoxy) is 1. The first kappa shape index (κ1) is 15.4. The van der Waals surface area contributed by atoms with Crippen LogP contribution in [0.3, 0.4) is 0 Å². The standard InChI is InChI=1S/C13H21ClN4O2/c1-20-8-7-18-13(11(14)9-16-18)12(19)10-17-5-2-3-15-4-6-17/h9,15H,2-8,10H2,1H3. The first-order chi connectivity index (χ1) is 9.72. The van der Waals surface area contributed by atoms with E-state index in [0.29, 0.717) is 30.4 Å². The second kappa shape index (κ2) is 7.73. The summed E-state index contributed by atoms with van der Waals surface area (Å²) in [4.78, 5) is 14.6. The van der Waals surface area contributed by atoms with Crippen molar-refractivity contribution < 1.29 is 9.53 Å². The fraction of sp³-hybridized carbons (Fsp3) is 0.692. The fourth-order valence-corrected chi connectivity index (χ4v) is 2.57. The lowest BCUT2D eigenvalue weighted by molar-refractivity contribution is 0.0921. The van der Waals surface area contributed by atoms with E-state index in [1.54, 1.807) is 11.8 Å². The SMILES string of the molecule is COCCn1ncc(Cl)c1C(=O)CN1CCCNCC1. The van der Waals surface area contributed by atoms with Gasteiger partial charge in [0, 0.05) is 20.2 Å². The topological polar surface area (TPSA) is 59.4 Å². The molecule has 2 heterocycles. The molecule has 0 amide bonds. The van der Waals surface area contributed by atoms with Crippen molar-refractivity contribution in [1.82, 2.24) is 20.0 Å². The van der Waals surface area contributed by atoms with Crippen LogP contribution in [0.4, 0.5) is 0 Å². The number of rotatable bonds is 6. The van der Waals surface area contributed by atoms with Crippen LogP contribution in [0.5, 0.6) is 0 Å². The Kier molecular flexibility index (Phi) is 5.97. The van der Waals surface area contributed by atoms with Crippen molar-refractivity contribution in [2.45, 2.75) is 13.0 Å². The molecular weight excluding hydrogens is 280 g/mol. The molecule has 112 valence electrons. The Morgan fingerprint density at radius 1 is 1.50 bits per heavy atom. The normalized spacial score (nSPS) is 17.1. The van der Waals surface area contributed by atoms with Crippen molar-refractivity contribution in [2.24, 2.45) is 0 Å². The van der Waals surface area contributed by atoms with Gasteiger partial charge in [-0.25, -0.2) is 0 Å². The average Bonchev–Trinajstić information content (AvgIpc) is 2.63. The first-order valence-corrected chi connectivity index (χ1v) is 7.26. The summed E-state index contributed by atoms with van der Waals surface area (Å²) in [6.45, 7) is 5.18. The van der Waals surface area contributed by atoms with E-state index >= 15 is 0 Å². The third-order valence-electron chi connectivity index (χ3n) is 3.37. The van der Waals surface area contributed by atoms with Gasteiger partial charge >= 0.3 is 0 Å². The number of nitrogens with one attached hydrogen (secondary N) is 1. The Morgan fingerprint density at radius 2 is 2.35 bits per heavy atom. The predicted octanol–water partition coefficient (Wildman–Crippen LogP) is 0.661. The highest BCUT2D eigenvalue weighted by atomic mass is 35.5. The molecule has 6 nitrogen and oxygen atoms in total. The molecule has 7 heteroatoms. The molecule has 1 saturated heterocycles. The van der Waals surface area contributed by atoms with Gasteiger partial charge in [0.2, 0.25) is 0 Å². The Bertz CT molecular complexity index is 442. The van der Waals surface area contributed by atoms with E-state index in [2.05, 4.69) is 15.3 Å². The molecule has 0 bridgehead atoms. The van der Waals surface area contributed by atoms with E-state index in [1.165, 1.54) is 6.20 Å². The van der Waals surface area contributed by atoms with E-state index in [1.807, 2.05) is 0 Å². The van der Waals surface area contributed by atoms with Crippen molar-refractivity contribution >= 4 is 17.4 Å². The lowest BCUT2D eigenvalue weighted by atomic mass is 10.2. The highest BCUT2D eigenvalue weighted by Gasteiger charge is 2.20. The van der Waals surface area contributed by atoms with Crippen LogP contribution in [0.15, 0.2) is 6.20 Å². The molecular formula is C13H21ClN4O2. The van der Waals surface area contributed by atoms with E-state index in [0.717, 1.165) is 32.6 Å². The molecule has 1 aliphatic heterocycles. The molecule has 0 spiro atoms. The predicted molar refractivity (Wildman–Crippen MR) is 77.4 cm³/mol.